The van der Waals surface area contributed by atoms with Crippen molar-refractivity contribution in [1.29, 1.82) is 0 Å². The van der Waals surface area contributed by atoms with E-state index in [1.54, 1.807) is 11.8 Å². The molecule has 0 saturated carbocycles. The van der Waals surface area contributed by atoms with Crippen LogP contribution in [0.1, 0.15) is 23.9 Å². The molecule has 2 atom stereocenters. The van der Waals surface area contributed by atoms with Gasteiger partial charge in [0.1, 0.15) is 24.6 Å². The first-order chi connectivity index (χ1) is 12.5. The largest absolute Gasteiger partial charge is 0.487 e. The maximum atomic E-state index is 13.5. The summed E-state index contributed by atoms with van der Waals surface area (Å²) >= 11 is 0. The lowest BCUT2D eigenvalue weighted by molar-refractivity contribution is -0.141. The van der Waals surface area contributed by atoms with Gasteiger partial charge in [-0.3, -0.25) is 9.59 Å². The van der Waals surface area contributed by atoms with E-state index in [2.05, 4.69) is 0 Å². The van der Waals surface area contributed by atoms with E-state index in [9.17, 15) is 19.1 Å². The van der Waals surface area contributed by atoms with Crippen molar-refractivity contribution in [3.8, 4) is 5.75 Å². The highest BCUT2D eigenvalue weighted by Gasteiger charge is 2.38. The molecule has 0 radical (unpaired) electrons. The highest BCUT2D eigenvalue weighted by atomic mass is 19.1. The summed E-state index contributed by atoms with van der Waals surface area (Å²) < 4.78 is 24.8. The molecule has 8 heteroatoms. The van der Waals surface area contributed by atoms with Crippen LogP contribution in [0.25, 0.3) is 11.0 Å². The van der Waals surface area contributed by atoms with E-state index >= 15 is 0 Å². The molecule has 1 aromatic heterocycles. The molecule has 1 fully saturated rings. The molecule has 2 aliphatic heterocycles. The molecule has 7 nitrogen and oxygen atoms in total. The molecule has 26 heavy (non-hydrogen) atoms. The van der Waals surface area contributed by atoms with Gasteiger partial charge in [0.05, 0.1) is 24.1 Å². The van der Waals surface area contributed by atoms with Crippen molar-refractivity contribution in [3.05, 3.63) is 29.8 Å². The number of amides is 2. The molecule has 3 heterocycles. The number of hydrogen-bond donors (Lipinski definition) is 1. The Morgan fingerprint density at radius 3 is 2.92 bits per heavy atom. The molecule has 0 bridgehead atoms. The zero-order chi connectivity index (χ0) is 18.4. The number of aliphatic hydroxyl groups excluding tert-OH is 1. The molecule has 2 amide bonds. The smallest absolute Gasteiger partial charge is 0.294 e. The monoisotopic (exact) mass is 362 g/mol. The van der Waals surface area contributed by atoms with E-state index in [1.807, 2.05) is 0 Å². The van der Waals surface area contributed by atoms with Gasteiger partial charge in [-0.15, -0.1) is 0 Å². The Kier molecular flexibility index (Phi) is 4.07. The lowest BCUT2D eigenvalue weighted by Crippen LogP contribution is -2.57. The SMILES string of the molecule is CC1COc2c(oc3ccc(F)cc23)C(=O)N1CC(=O)N1CCC1CO. The third kappa shape index (κ3) is 2.61. The molecule has 2 unspecified atom stereocenters. The van der Waals surface area contributed by atoms with Crippen LogP contribution in [0.15, 0.2) is 22.6 Å². The van der Waals surface area contributed by atoms with Crippen molar-refractivity contribution in [3.63, 3.8) is 0 Å². The van der Waals surface area contributed by atoms with Crippen LogP contribution in [0, 0.1) is 5.82 Å². The summed E-state index contributed by atoms with van der Waals surface area (Å²) in [5.41, 5.74) is 0.355. The Balaban J connectivity index is 1.63. The number of ether oxygens (including phenoxy) is 1. The van der Waals surface area contributed by atoms with Crippen LogP contribution in [-0.2, 0) is 4.79 Å². The van der Waals surface area contributed by atoms with Crippen LogP contribution in [-0.4, -0.2) is 65.1 Å². The second-order valence-electron chi connectivity index (χ2n) is 6.71. The Hall–Kier alpha value is -2.61. The van der Waals surface area contributed by atoms with Crippen LogP contribution in [0.3, 0.4) is 0 Å². The molecule has 1 saturated heterocycles. The van der Waals surface area contributed by atoms with Gasteiger partial charge in [-0.25, -0.2) is 4.39 Å². The van der Waals surface area contributed by atoms with E-state index in [4.69, 9.17) is 9.15 Å². The molecule has 1 aromatic carbocycles. The van der Waals surface area contributed by atoms with Crippen molar-refractivity contribution in [2.45, 2.75) is 25.4 Å². The lowest BCUT2D eigenvalue weighted by atomic mass is 10.0. The second kappa shape index (κ2) is 6.28. The van der Waals surface area contributed by atoms with Gasteiger partial charge in [-0.05, 0) is 31.5 Å². The van der Waals surface area contributed by atoms with Gasteiger partial charge in [0.25, 0.3) is 5.91 Å². The van der Waals surface area contributed by atoms with E-state index < -0.39 is 11.7 Å². The molecule has 138 valence electrons. The van der Waals surface area contributed by atoms with E-state index in [0.717, 1.165) is 6.42 Å². The minimum absolute atomic E-state index is 0.0231. The molecule has 4 rings (SSSR count). The maximum Gasteiger partial charge on any atom is 0.294 e. The number of carbonyl (C=O) groups excluding carboxylic acids is 2. The highest BCUT2D eigenvalue weighted by molar-refractivity contribution is 6.03. The zero-order valence-corrected chi connectivity index (χ0v) is 14.3. The Morgan fingerprint density at radius 1 is 1.42 bits per heavy atom. The van der Waals surface area contributed by atoms with E-state index in [0.29, 0.717) is 17.5 Å². The van der Waals surface area contributed by atoms with Crippen LogP contribution < -0.4 is 4.74 Å². The summed E-state index contributed by atoms with van der Waals surface area (Å²) in [4.78, 5) is 28.4. The van der Waals surface area contributed by atoms with Gasteiger partial charge in [-0.2, -0.15) is 0 Å². The molecule has 2 aromatic rings. The predicted octanol–water partition coefficient (Wildman–Crippen LogP) is 1.39. The van der Waals surface area contributed by atoms with E-state index in [-0.39, 0.29) is 49.3 Å². The summed E-state index contributed by atoms with van der Waals surface area (Å²) in [6.45, 7) is 2.31. The summed E-state index contributed by atoms with van der Waals surface area (Å²) in [5, 5.41) is 9.65. The number of hydrogen-bond acceptors (Lipinski definition) is 5. The zero-order valence-electron chi connectivity index (χ0n) is 14.3. The fourth-order valence-corrected chi connectivity index (χ4v) is 3.38. The van der Waals surface area contributed by atoms with Crippen LogP contribution in [0.2, 0.25) is 0 Å². The number of rotatable bonds is 3. The van der Waals surface area contributed by atoms with Gasteiger partial charge in [0.2, 0.25) is 11.7 Å². The van der Waals surface area contributed by atoms with Gasteiger partial charge >= 0.3 is 0 Å². The third-order valence-electron chi connectivity index (χ3n) is 5.04. The minimum Gasteiger partial charge on any atom is -0.487 e. The number of fused-ring (bicyclic) bond motifs is 3. The lowest BCUT2D eigenvalue weighted by Gasteiger charge is -2.41. The predicted molar refractivity (Wildman–Crippen MR) is 89.4 cm³/mol. The van der Waals surface area contributed by atoms with Crippen LogP contribution in [0.5, 0.6) is 5.75 Å². The first-order valence-electron chi connectivity index (χ1n) is 8.55. The Morgan fingerprint density at radius 2 is 2.23 bits per heavy atom. The standard InChI is InChI=1S/C18H19FN2O5/c1-10-9-25-16-13-6-11(19)2-3-14(13)26-17(16)18(24)21(10)7-15(23)20-5-4-12(20)8-22/h2-3,6,10,12,22H,4-5,7-9H2,1H3. The van der Waals surface area contributed by atoms with Gasteiger partial charge < -0.3 is 24.1 Å². The fraction of sp³-hybridized carbons (Fsp3) is 0.444. The average Bonchev–Trinajstić information content (AvgIpc) is 2.89. The number of halogens is 1. The van der Waals surface area contributed by atoms with E-state index in [1.165, 1.54) is 23.1 Å². The first kappa shape index (κ1) is 16.8. The van der Waals surface area contributed by atoms with Crippen molar-refractivity contribution in [2.75, 3.05) is 26.3 Å². The number of carbonyl (C=O) groups is 2. The molecule has 0 spiro atoms. The Bertz CT molecular complexity index is 878. The summed E-state index contributed by atoms with van der Waals surface area (Å²) in [7, 11) is 0. The summed E-state index contributed by atoms with van der Waals surface area (Å²) in [6, 6.07) is 3.43. The minimum atomic E-state index is -0.462. The molecule has 1 N–H and O–H groups in total. The maximum absolute atomic E-state index is 13.5. The molecular formula is C18H19FN2O5. The van der Waals surface area contributed by atoms with Gasteiger partial charge in [0, 0.05) is 6.54 Å². The highest BCUT2D eigenvalue weighted by Crippen LogP contribution is 2.36. The first-order valence-corrected chi connectivity index (χ1v) is 8.55. The topological polar surface area (TPSA) is 83.2 Å². The molecular weight excluding hydrogens is 343 g/mol. The van der Waals surface area contributed by atoms with Crippen molar-refractivity contribution < 1.29 is 28.2 Å². The van der Waals surface area contributed by atoms with Gasteiger partial charge in [0.15, 0.2) is 5.75 Å². The number of benzene rings is 1. The van der Waals surface area contributed by atoms with Crippen molar-refractivity contribution in [2.24, 2.45) is 0 Å². The van der Waals surface area contributed by atoms with Crippen LogP contribution >= 0.6 is 0 Å². The summed E-state index contributed by atoms with van der Waals surface area (Å²) in [6.07, 6.45) is 0.758. The molecule has 0 aliphatic carbocycles. The third-order valence-corrected chi connectivity index (χ3v) is 5.04. The van der Waals surface area contributed by atoms with Crippen LogP contribution in [0.4, 0.5) is 4.39 Å². The number of furan rings is 1. The second-order valence-corrected chi connectivity index (χ2v) is 6.71. The average molecular weight is 362 g/mol. The summed E-state index contributed by atoms with van der Waals surface area (Å²) in [5.74, 6) is -0.944. The van der Waals surface area contributed by atoms with Crippen molar-refractivity contribution >= 4 is 22.8 Å². The quantitative estimate of drug-likeness (QED) is 0.892. The fourth-order valence-electron chi connectivity index (χ4n) is 3.38. The Labute approximate surface area is 148 Å². The van der Waals surface area contributed by atoms with Crippen molar-refractivity contribution in [1.82, 2.24) is 9.80 Å². The van der Waals surface area contributed by atoms with Gasteiger partial charge in [-0.1, -0.05) is 0 Å². The normalized spacial score (nSPS) is 22.7. The number of likely N-dealkylation sites (tertiary alicyclic amines) is 1. The number of aliphatic hydroxyl groups is 1. The number of nitrogens with zero attached hydrogens (tertiary/aromatic N) is 2. The molecule has 2 aliphatic rings.